The average molecular weight is 166 g/mol. The number of hydrogen-bond acceptors (Lipinski definition) is 3. The SMILES string of the molecule is C#CCNC(C)(C#N)CCOC. The molecule has 1 atom stereocenters. The summed E-state index contributed by atoms with van der Waals surface area (Å²) in [5.41, 5.74) is -0.567. The van der Waals surface area contributed by atoms with E-state index in [0.717, 1.165) is 0 Å². The van der Waals surface area contributed by atoms with Gasteiger partial charge in [0.15, 0.2) is 0 Å². The molecule has 0 saturated carbocycles. The minimum atomic E-state index is -0.567. The quantitative estimate of drug-likeness (QED) is 0.606. The first-order valence-corrected chi connectivity index (χ1v) is 3.77. The van der Waals surface area contributed by atoms with Crippen molar-refractivity contribution in [2.75, 3.05) is 20.3 Å². The molecule has 0 rings (SSSR count). The van der Waals surface area contributed by atoms with Crippen LogP contribution in [0.4, 0.5) is 0 Å². The lowest BCUT2D eigenvalue weighted by atomic mass is 10.0. The fraction of sp³-hybridized carbons (Fsp3) is 0.667. The molecule has 1 unspecified atom stereocenters. The second-order valence-corrected chi connectivity index (χ2v) is 2.74. The Hall–Kier alpha value is -1.03. The van der Waals surface area contributed by atoms with E-state index in [4.69, 9.17) is 16.4 Å². The highest BCUT2D eigenvalue weighted by atomic mass is 16.5. The van der Waals surface area contributed by atoms with Gasteiger partial charge in [-0.15, -0.1) is 6.42 Å². The van der Waals surface area contributed by atoms with E-state index < -0.39 is 5.54 Å². The van der Waals surface area contributed by atoms with Gasteiger partial charge in [-0.05, 0) is 6.92 Å². The van der Waals surface area contributed by atoms with Crippen molar-refractivity contribution >= 4 is 0 Å². The van der Waals surface area contributed by atoms with Crippen molar-refractivity contribution in [1.29, 1.82) is 5.26 Å². The molecule has 0 aromatic carbocycles. The summed E-state index contributed by atoms with van der Waals surface area (Å²) in [6.45, 7) is 2.78. The smallest absolute Gasteiger partial charge is 0.106 e. The Morgan fingerprint density at radius 1 is 1.67 bits per heavy atom. The predicted octanol–water partition coefficient (Wildman–Crippen LogP) is 0.528. The molecule has 0 fully saturated rings. The highest BCUT2D eigenvalue weighted by molar-refractivity contribution is 5.06. The number of nitrogens with zero attached hydrogens (tertiary/aromatic N) is 1. The van der Waals surface area contributed by atoms with Gasteiger partial charge in [-0.25, -0.2) is 0 Å². The van der Waals surface area contributed by atoms with Crippen molar-refractivity contribution in [3.63, 3.8) is 0 Å². The third-order valence-corrected chi connectivity index (χ3v) is 1.63. The van der Waals surface area contributed by atoms with Crippen LogP contribution in [-0.4, -0.2) is 25.8 Å². The normalized spacial score (nSPS) is 14.3. The number of nitriles is 1. The lowest BCUT2D eigenvalue weighted by Gasteiger charge is -2.21. The molecule has 3 nitrogen and oxygen atoms in total. The maximum atomic E-state index is 8.80. The first-order valence-electron chi connectivity index (χ1n) is 3.77. The summed E-state index contributed by atoms with van der Waals surface area (Å²) in [5.74, 6) is 2.43. The molecule has 12 heavy (non-hydrogen) atoms. The van der Waals surface area contributed by atoms with Gasteiger partial charge in [0.25, 0.3) is 0 Å². The number of rotatable bonds is 5. The summed E-state index contributed by atoms with van der Waals surface area (Å²) in [6, 6.07) is 2.16. The molecule has 0 bridgehead atoms. The summed E-state index contributed by atoms with van der Waals surface area (Å²) in [4.78, 5) is 0. The fourth-order valence-electron chi connectivity index (χ4n) is 0.736. The summed E-state index contributed by atoms with van der Waals surface area (Å²) >= 11 is 0. The lowest BCUT2D eigenvalue weighted by Crippen LogP contribution is -2.42. The molecule has 3 heteroatoms. The number of terminal acetylenes is 1. The van der Waals surface area contributed by atoms with Crippen molar-refractivity contribution < 1.29 is 4.74 Å². The Balaban J connectivity index is 3.91. The van der Waals surface area contributed by atoms with Crippen molar-refractivity contribution in [2.45, 2.75) is 18.9 Å². The van der Waals surface area contributed by atoms with E-state index in [2.05, 4.69) is 17.3 Å². The molecule has 0 heterocycles. The minimum Gasteiger partial charge on any atom is -0.385 e. The predicted molar refractivity (Wildman–Crippen MR) is 47.3 cm³/mol. The average Bonchev–Trinajstić information content (AvgIpc) is 2.11. The summed E-state index contributed by atoms with van der Waals surface area (Å²) < 4.78 is 4.88. The molecule has 1 N–H and O–H groups in total. The zero-order valence-corrected chi connectivity index (χ0v) is 7.55. The van der Waals surface area contributed by atoms with Crippen LogP contribution >= 0.6 is 0 Å². The largest absolute Gasteiger partial charge is 0.385 e. The standard InChI is InChI=1S/C9H14N2O/c1-4-6-11-9(2,8-10)5-7-12-3/h1,11H,5-7H2,2-3H3. The number of methoxy groups -OCH3 is 1. The van der Waals surface area contributed by atoms with Gasteiger partial charge >= 0.3 is 0 Å². The molecule has 66 valence electrons. The monoisotopic (exact) mass is 166 g/mol. The molecule has 0 saturated heterocycles. The van der Waals surface area contributed by atoms with Crippen molar-refractivity contribution in [3.05, 3.63) is 0 Å². The van der Waals surface area contributed by atoms with Crippen LogP contribution in [-0.2, 0) is 4.74 Å². The third-order valence-electron chi connectivity index (χ3n) is 1.63. The molecular formula is C9H14N2O. The zero-order chi connectivity index (χ0) is 9.45. The molecule has 0 amide bonds. The fourth-order valence-corrected chi connectivity index (χ4v) is 0.736. The van der Waals surface area contributed by atoms with Crippen LogP contribution in [0.3, 0.4) is 0 Å². The van der Waals surface area contributed by atoms with E-state index >= 15 is 0 Å². The Bertz CT molecular complexity index is 202. The van der Waals surface area contributed by atoms with Gasteiger partial charge in [0.2, 0.25) is 0 Å². The van der Waals surface area contributed by atoms with Gasteiger partial charge in [-0.1, -0.05) is 5.92 Å². The van der Waals surface area contributed by atoms with Gasteiger partial charge in [0.1, 0.15) is 5.54 Å². The van der Waals surface area contributed by atoms with Crippen LogP contribution in [0.2, 0.25) is 0 Å². The third kappa shape index (κ3) is 3.98. The van der Waals surface area contributed by atoms with Gasteiger partial charge in [0.05, 0.1) is 12.6 Å². The maximum Gasteiger partial charge on any atom is 0.106 e. The molecule has 0 radical (unpaired) electrons. The van der Waals surface area contributed by atoms with Gasteiger partial charge < -0.3 is 4.74 Å². The van der Waals surface area contributed by atoms with Gasteiger partial charge in [-0.3, -0.25) is 5.32 Å². The number of hydrogen-bond donors (Lipinski definition) is 1. The van der Waals surface area contributed by atoms with Gasteiger partial charge in [-0.2, -0.15) is 5.26 Å². The molecule has 0 aliphatic carbocycles. The number of ether oxygens (including phenoxy) is 1. The topological polar surface area (TPSA) is 45.0 Å². The van der Waals surface area contributed by atoms with E-state index in [1.54, 1.807) is 7.11 Å². The van der Waals surface area contributed by atoms with Crippen molar-refractivity contribution in [2.24, 2.45) is 0 Å². The highest BCUT2D eigenvalue weighted by Gasteiger charge is 2.21. The van der Waals surface area contributed by atoms with Crippen molar-refractivity contribution in [3.8, 4) is 18.4 Å². The van der Waals surface area contributed by atoms with Crippen LogP contribution in [0.25, 0.3) is 0 Å². The van der Waals surface area contributed by atoms with Crippen LogP contribution < -0.4 is 5.32 Å². The van der Waals surface area contributed by atoms with E-state index in [9.17, 15) is 0 Å². The van der Waals surface area contributed by atoms with E-state index in [0.29, 0.717) is 19.6 Å². The molecule has 0 aliphatic rings. The van der Waals surface area contributed by atoms with Gasteiger partial charge in [0, 0.05) is 20.1 Å². The van der Waals surface area contributed by atoms with Crippen LogP contribution in [0.5, 0.6) is 0 Å². The minimum absolute atomic E-state index is 0.410. The first-order chi connectivity index (χ1) is 5.68. The highest BCUT2D eigenvalue weighted by Crippen LogP contribution is 2.06. The molecule has 0 aliphatic heterocycles. The summed E-state index contributed by atoms with van der Waals surface area (Å²) in [6.07, 6.45) is 5.71. The molecule has 0 aromatic heterocycles. The van der Waals surface area contributed by atoms with Crippen molar-refractivity contribution in [1.82, 2.24) is 5.32 Å². The van der Waals surface area contributed by atoms with Crippen LogP contribution in [0.1, 0.15) is 13.3 Å². The Labute approximate surface area is 73.7 Å². The molecule has 0 aromatic rings. The zero-order valence-electron chi connectivity index (χ0n) is 7.55. The lowest BCUT2D eigenvalue weighted by molar-refractivity contribution is 0.175. The second kappa shape index (κ2) is 5.60. The molecular weight excluding hydrogens is 152 g/mol. The van der Waals surface area contributed by atoms with E-state index in [1.807, 2.05) is 6.92 Å². The van der Waals surface area contributed by atoms with E-state index in [-0.39, 0.29) is 0 Å². The molecule has 0 spiro atoms. The number of nitrogens with one attached hydrogen (secondary N) is 1. The maximum absolute atomic E-state index is 8.80. The second-order valence-electron chi connectivity index (χ2n) is 2.74. The summed E-state index contributed by atoms with van der Waals surface area (Å²) in [7, 11) is 1.61. The Kier molecular flexibility index (Phi) is 5.12. The Morgan fingerprint density at radius 3 is 2.75 bits per heavy atom. The summed E-state index contributed by atoms with van der Waals surface area (Å²) in [5, 5.41) is 11.8. The Morgan fingerprint density at radius 2 is 2.33 bits per heavy atom. The van der Waals surface area contributed by atoms with Crippen LogP contribution in [0, 0.1) is 23.7 Å². The first kappa shape index (κ1) is 11.0. The van der Waals surface area contributed by atoms with E-state index in [1.165, 1.54) is 0 Å². The van der Waals surface area contributed by atoms with Crippen LogP contribution in [0.15, 0.2) is 0 Å².